The van der Waals surface area contributed by atoms with Gasteiger partial charge in [0.25, 0.3) is 5.91 Å². The molecule has 0 spiro atoms. The lowest BCUT2D eigenvalue weighted by Crippen LogP contribution is -2.29. The Morgan fingerprint density at radius 1 is 1.30 bits per heavy atom. The minimum atomic E-state index is -1.01. The maximum Gasteiger partial charge on any atom is 0.254 e. The molecule has 1 unspecified atom stereocenters. The van der Waals surface area contributed by atoms with Crippen molar-refractivity contribution in [3.63, 3.8) is 0 Å². The van der Waals surface area contributed by atoms with Crippen LogP contribution in [-0.4, -0.2) is 38.9 Å². The second-order valence-corrected chi connectivity index (χ2v) is 4.71. The molecule has 1 amide bonds. The van der Waals surface area contributed by atoms with Crippen molar-refractivity contribution in [1.82, 2.24) is 19.9 Å². The summed E-state index contributed by atoms with van der Waals surface area (Å²) in [4.78, 5) is 13.8. The molecule has 2 heterocycles. The van der Waals surface area contributed by atoms with Gasteiger partial charge in [0.1, 0.15) is 0 Å². The van der Waals surface area contributed by atoms with Gasteiger partial charge in [0.2, 0.25) is 0 Å². The Kier molecular flexibility index (Phi) is 3.17. The van der Waals surface area contributed by atoms with Crippen LogP contribution in [-0.2, 0) is 0 Å². The van der Waals surface area contributed by atoms with E-state index in [-0.39, 0.29) is 17.5 Å². The molecular formula is C13H12F2N4O. The number of amides is 1. The highest BCUT2D eigenvalue weighted by atomic mass is 19.2. The van der Waals surface area contributed by atoms with Gasteiger partial charge < -0.3 is 4.90 Å². The summed E-state index contributed by atoms with van der Waals surface area (Å²) in [7, 11) is 0. The summed E-state index contributed by atoms with van der Waals surface area (Å²) in [5.74, 6) is -2.27. The van der Waals surface area contributed by atoms with Gasteiger partial charge in [-0.25, -0.2) is 13.5 Å². The third-order valence-electron chi connectivity index (χ3n) is 3.43. The Morgan fingerprint density at radius 2 is 2.15 bits per heavy atom. The molecule has 0 aliphatic carbocycles. The van der Waals surface area contributed by atoms with Gasteiger partial charge in [0, 0.05) is 24.8 Å². The lowest BCUT2D eigenvalue weighted by molar-refractivity contribution is 0.0786. The number of carbonyl (C=O) groups excluding carboxylic acids is 1. The molecule has 1 aromatic heterocycles. The number of benzene rings is 1. The molecule has 0 N–H and O–H groups in total. The van der Waals surface area contributed by atoms with Gasteiger partial charge in [-0.2, -0.15) is 0 Å². The van der Waals surface area contributed by atoms with Crippen LogP contribution >= 0.6 is 0 Å². The number of rotatable bonds is 2. The maximum absolute atomic E-state index is 13.2. The first-order valence-electron chi connectivity index (χ1n) is 6.25. The van der Waals surface area contributed by atoms with Gasteiger partial charge in [-0.3, -0.25) is 4.79 Å². The molecule has 0 saturated carbocycles. The highest BCUT2D eigenvalue weighted by molar-refractivity contribution is 5.94. The quantitative estimate of drug-likeness (QED) is 0.839. The second kappa shape index (κ2) is 4.99. The number of halogens is 2. The van der Waals surface area contributed by atoms with Crippen molar-refractivity contribution in [2.45, 2.75) is 12.5 Å². The summed E-state index contributed by atoms with van der Waals surface area (Å²) >= 11 is 0. The van der Waals surface area contributed by atoms with Gasteiger partial charge in [-0.1, -0.05) is 5.21 Å². The second-order valence-electron chi connectivity index (χ2n) is 4.71. The predicted octanol–water partition coefficient (Wildman–Crippen LogP) is 1.64. The fourth-order valence-corrected chi connectivity index (χ4v) is 2.37. The largest absolute Gasteiger partial charge is 0.336 e. The molecule has 20 heavy (non-hydrogen) atoms. The van der Waals surface area contributed by atoms with Crippen LogP contribution in [0.1, 0.15) is 22.8 Å². The van der Waals surface area contributed by atoms with Crippen molar-refractivity contribution in [2.75, 3.05) is 13.1 Å². The van der Waals surface area contributed by atoms with E-state index in [2.05, 4.69) is 10.3 Å². The van der Waals surface area contributed by atoms with Gasteiger partial charge in [0.15, 0.2) is 11.6 Å². The molecule has 1 atom stereocenters. The van der Waals surface area contributed by atoms with E-state index in [4.69, 9.17) is 0 Å². The minimum absolute atomic E-state index is 0.0757. The van der Waals surface area contributed by atoms with Crippen molar-refractivity contribution >= 4 is 5.91 Å². The Hall–Kier alpha value is -2.31. The molecule has 1 aromatic carbocycles. The lowest BCUT2D eigenvalue weighted by atomic mass is 10.2. The highest BCUT2D eigenvalue weighted by Crippen LogP contribution is 2.22. The van der Waals surface area contributed by atoms with Gasteiger partial charge in [-0.05, 0) is 24.6 Å². The van der Waals surface area contributed by atoms with Crippen LogP contribution in [0.3, 0.4) is 0 Å². The minimum Gasteiger partial charge on any atom is -0.336 e. The summed E-state index contributed by atoms with van der Waals surface area (Å²) in [5, 5.41) is 7.64. The SMILES string of the molecule is O=C(c1ccc(F)c(F)c1)N1CCC(n2ccnn2)C1. The molecule has 2 aromatic rings. The molecule has 1 aliphatic rings. The fourth-order valence-electron chi connectivity index (χ4n) is 2.37. The number of aromatic nitrogens is 3. The smallest absolute Gasteiger partial charge is 0.254 e. The molecule has 1 fully saturated rings. The summed E-state index contributed by atoms with van der Waals surface area (Å²) in [6.45, 7) is 1.05. The number of hydrogen-bond donors (Lipinski definition) is 0. The Morgan fingerprint density at radius 3 is 2.85 bits per heavy atom. The Balaban J connectivity index is 1.74. The van der Waals surface area contributed by atoms with Gasteiger partial charge in [-0.15, -0.1) is 5.10 Å². The van der Waals surface area contributed by atoms with Crippen molar-refractivity contribution in [2.24, 2.45) is 0 Å². The van der Waals surface area contributed by atoms with Crippen LogP contribution in [0.25, 0.3) is 0 Å². The van der Waals surface area contributed by atoms with Crippen LogP contribution in [0.15, 0.2) is 30.6 Å². The third kappa shape index (κ3) is 2.26. The molecule has 5 nitrogen and oxygen atoms in total. The Labute approximate surface area is 113 Å². The van der Waals surface area contributed by atoms with E-state index in [1.807, 2.05) is 0 Å². The van der Waals surface area contributed by atoms with E-state index in [1.165, 1.54) is 6.07 Å². The predicted molar refractivity (Wildman–Crippen MR) is 65.9 cm³/mol. The van der Waals surface area contributed by atoms with Crippen LogP contribution in [0.2, 0.25) is 0 Å². The zero-order chi connectivity index (χ0) is 14.1. The number of carbonyl (C=O) groups is 1. The van der Waals surface area contributed by atoms with Gasteiger partial charge >= 0.3 is 0 Å². The van der Waals surface area contributed by atoms with Crippen molar-refractivity contribution in [3.8, 4) is 0 Å². The summed E-state index contributed by atoms with van der Waals surface area (Å²) in [6.07, 6.45) is 4.09. The molecule has 1 saturated heterocycles. The van der Waals surface area contributed by atoms with Crippen LogP contribution in [0.5, 0.6) is 0 Å². The standard InChI is InChI=1S/C13H12F2N4O/c14-11-2-1-9(7-12(11)15)13(20)18-5-3-10(8-18)19-6-4-16-17-19/h1-2,4,6-7,10H,3,5,8H2. The zero-order valence-electron chi connectivity index (χ0n) is 10.5. The third-order valence-corrected chi connectivity index (χ3v) is 3.43. The van der Waals surface area contributed by atoms with Crippen molar-refractivity contribution < 1.29 is 13.6 Å². The van der Waals surface area contributed by atoms with E-state index in [1.54, 1.807) is 22.0 Å². The molecule has 0 radical (unpaired) electrons. The number of nitrogens with zero attached hydrogens (tertiary/aromatic N) is 4. The molecule has 104 valence electrons. The molecule has 1 aliphatic heterocycles. The van der Waals surface area contributed by atoms with E-state index in [0.717, 1.165) is 18.6 Å². The highest BCUT2D eigenvalue weighted by Gasteiger charge is 2.28. The van der Waals surface area contributed by atoms with Crippen molar-refractivity contribution in [3.05, 3.63) is 47.8 Å². The average molecular weight is 278 g/mol. The van der Waals surface area contributed by atoms with Crippen LogP contribution in [0.4, 0.5) is 8.78 Å². The fraction of sp³-hybridized carbons (Fsp3) is 0.308. The van der Waals surface area contributed by atoms with E-state index >= 15 is 0 Å². The molecule has 7 heteroatoms. The molecule has 0 bridgehead atoms. The maximum atomic E-state index is 13.2. The van der Waals surface area contributed by atoms with E-state index < -0.39 is 11.6 Å². The summed E-state index contributed by atoms with van der Waals surface area (Å²) in [6, 6.07) is 3.27. The average Bonchev–Trinajstić information content (AvgIpc) is 3.11. The van der Waals surface area contributed by atoms with E-state index in [0.29, 0.717) is 13.1 Å². The normalized spacial score (nSPS) is 18.5. The van der Waals surface area contributed by atoms with Crippen LogP contribution < -0.4 is 0 Å². The van der Waals surface area contributed by atoms with Crippen LogP contribution in [0, 0.1) is 11.6 Å². The molecule has 3 rings (SSSR count). The van der Waals surface area contributed by atoms with Crippen molar-refractivity contribution in [1.29, 1.82) is 0 Å². The van der Waals surface area contributed by atoms with Gasteiger partial charge in [0.05, 0.1) is 12.2 Å². The first-order valence-corrected chi connectivity index (χ1v) is 6.25. The summed E-state index contributed by atoms with van der Waals surface area (Å²) in [5.41, 5.74) is 0.156. The first kappa shape index (κ1) is 12.7. The number of likely N-dealkylation sites (tertiary alicyclic amines) is 1. The zero-order valence-corrected chi connectivity index (χ0v) is 10.5. The molecular weight excluding hydrogens is 266 g/mol. The Bertz CT molecular complexity index is 629. The lowest BCUT2D eigenvalue weighted by Gasteiger charge is -2.16. The summed E-state index contributed by atoms with van der Waals surface area (Å²) < 4.78 is 27.7. The monoisotopic (exact) mass is 278 g/mol. The first-order chi connectivity index (χ1) is 9.65. The number of hydrogen-bond acceptors (Lipinski definition) is 3. The van der Waals surface area contributed by atoms with E-state index in [9.17, 15) is 13.6 Å². The topological polar surface area (TPSA) is 51.0 Å².